The lowest BCUT2D eigenvalue weighted by Crippen LogP contribution is -2.22. The van der Waals surface area contributed by atoms with Crippen molar-refractivity contribution in [3.8, 4) is 0 Å². The van der Waals surface area contributed by atoms with E-state index < -0.39 is 5.41 Å². The number of rotatable bonds is 5. The van der Waals surface area contributed by atoms with Gasteiger partial charge in [-0.3, -0.25) is 4.79 Å². The van der Waals surface area contributed by atoms with Crippen LogP contribution in [0.3, 0.4) is 0 Å². The van der Waals surface area contributed by atoms with E-state index in [1.54, 1.807) is 0 Å². The molecule has 1 heterocycles. The maximum atomic E-state index is 11.5. The molecule has 0 atom stereocenters. The Balaban J connectivity index is 2.10. The fourth-order valence-corrected chi connectivity index (χ4v) is 1.53. The van der Waals surface area contributed by atoms with Gasteiger partial charge in [0.15, 0.2) is 5.82 Å². The molecule has 0 bridgehead atoms. The molecule has 0 aliphatic heterocycles. The molecule has 1 aromatic heterocycles. The van der Waals surface area contributed by atoms with Crippen LogP contribution in [-0.2, 0) is 26.3 Å². The number of hydrogen-bond acceptors (Lipinski definition) is 6. The largest absolute Gasteiger partial charge is 0.468 e. The minimum atomic E-state index is -0.688. The lowest BCUT2D eigenvalue weighted by Gasteiger charge is -2.05. The van der Waals surface area contributed by atoms with Gasteiger partial charge in [-0.15, -0.1) is 0 Å². The molecule has 6 nitrogen and oxygen atoms in total. The highest BCUT2D eigenvalue weighted by Gasteiger charge is 2.57. The van der Waals surface area contributed by atoms with E-state index in [1.807, 2.05) is 6.92 Å². The average molecular weight is 226 g/mol. The smallest absolute Gasteiger partial charge is 0.321 e. The van der Waals surface area contributed by atoms with Crippen LogP contribution < -0.4 is 0 Å². The summed E-state index contributed by atoms with van der Waals surface area (Å²) in [5, 5.41) is 3.76. The molecule has 0 amide bonds. The van der Waals surface area contributed by atoms with Crippen molar-refractivity contribution in [2.75, 3.05) is 13.7 Å². The Labute approximate surface area is 92.9 Å². The third-order valence-corrected chi connectivity index (χ3v) is 2.64. The molecule has 0 radical (unpaired) electrons. The van der Waals surface area contributed by atoms with E-state index in [-0.39, 0.29) is 5.97 Å². The van der Waals surface area contributed by atoms with Crippen molar-refractivity contribution in [3.05, 3.63) is 11.7 Å². The fraction of sp³-hybridized carbons (Fsp3) is 0.700. The minimum absolute atomic E-state index is 0.303. The Hall–Kier alpha value is -1.43. The second kappa shape index (κ2) is 4.21. The van der Waals surface area contributed by atoms with Crippen LogP contribution in [0.25, 0.3) is 0 Å². The molecule has 0 spiro atoms. The minimum Gasteiger partial charge on any atom is -0.468 e. The van der Waals surface area contributed by atoms with Crippen LogP contribution in [0.15, 0.2) is 4.52 Å². The fourth-order valence-electron chi connectivity index (χ4n) is 1.53. The van der Waals surface area contributed by atoms with Gasteiger partial charge in [-0.05, 0) is 19.8 Å². The summed E-state index contributed by atoms with van der Waals surface area (Å²) >= 11 is 0. The monoisotopic (exact) mass is 226 g/mol. The third-order valence-electron chi connectivity index (χ3n) is 2.64. The Bertz CT molecular complexity index is 384. The van der Waals surface area contributed by atoms with E-state index in [9.17, 15) is 4.79 Å². The van der Waals surface area contributed by atoms with E-state index in [0.717, 1.165) is 0 Å². The van der Waals surface area contributed by atoms with Crippen molar-refractivity contribution in [2.45, 2.75) is 31.8 Å². The summed E-state index contributed by atoms with van der Waals surface area (Å²) in [6.07, 6.45) is 1.41. The number of methoxy groups -OCH3 is 1. The van der Waals surface area contributed by atoms with Gasteiger partial charge in [-0.1, -0.05) is 5.16 Å². The molecular formula is C10H14N2O4. The van der Waals surface area contributed by atoms with Gasteiger partial charge in [-0.25, -0.2) is 0 Å². The van der Waals surface area contributed by atoms with Crippen molar-refractivity contribution in [1.82, 2.24) is 10.1 Å². The van der Waals surface area contributed by atoms with E-state index >= 15 is 0 Å². The van der Waals surface area contributed by atoms with Crippen molar-refractivity contribution in [2.24, 2.45) is 0 Å². The molecule has 1 aliphatic rings. The lowest BCUT2D eigenvalue weighted by molar-refractivity contribution is -0.144. The maximum Gasteiger partial charge on any atom is 0.321 e. The highest BCUT2D eigenvalue weighted by atomic mass is 16.5. The van der Waals surface area contributed by atoms with Crippen molar-refractivity contribution in [1.29, 1.82) is 0 Å². The zero-order valence-corrected chi connectivity index (χ0v) is 9.36. The highest BCUT2D eigenvalue weighted by molar-refractivity contribution is 5.85. The second-order valence-corrected chi connectivity index (χ2v) is 3.73. The van der Waals surface area contributed by atoms with Crippen LogP contribution in [0.2, 0.25) is 0 Å². The first-order valence-corrected chi connectivity index (χ1v) is 5.22. The van der Waals surface area contributed by atoms with Gasteiger partial charge in [-0.2, -0.15) is 4.98 Å². The maximum absolute atomic E-state index is 11.5. The van der Waals surface area contributed by atoms with Gasteiger partial charge in [0.25, 0.3) is 0 Å². The van der Waals surface area contributed by atoms with Crippen LogP contribution in [0.1, 0.15) is 31.5 Å². The zero-order valence-electron chi connectivity index (χ0n) is 9.36. The molecule has 0 saturated heterocycles. The van der Waals surface area contributed by atoms with Crippen LogP contribution in [0.5, 0.6) is 0 Å². The molecule has 0 N–H and O–H groups in total. The highest BCUT2D eigenvalue weighted by Crippen LogP contribution is 2.48. The number of esters is 1. The molecular weight excluding hydrogens is 212 g/mol. The molecule has 1 fully saturated rings. The summed E-state index contributed by atoms with van der Waals surface area (Å²) in [6.45, 7) is 2.78. The summed E-state index contributed by atoms with van der Waals surface area (Å²) in [5.74, 6) is 0.500. The summed E-state index contributed by atoms with van der Waals surface area (Å²) < 4.78 is 14.9. The third kappa shape index (κ3) is 1.80. The van der Waals surface area contributed by atoms with E-state index in [0.29, 0.717) is 37.8 Å². The quantitative estimate of drug-likeness (QED) is 0.692. The van der Waals surface area contributed by atoms with E-state index in [4.69, 9.17) is 14.0 Å². The van der Waals surface area contributed by atoms with Crippen LogP contribution in [-0.4, -0.2) is 29.8 Å². The first kappa shape index (κ1) is 11.1. The predicted molar refractivity (Wildman–Crippen MR) is 52.6 cm³/mol. The summed E-state index contributed by atoms with van der Waals surface area (Å²) in [5.41, 5.74) is -0.688. The second-order valence-electron chi connectivity index (χ2n) is 3.73. The number of carbonyl (C=O) groups excluding carboxylic acids is 1. The Morgan fingerprint density at radius 2 is 2.31 bits per heavy atom. The SMILES string of the molecule is CCOCc1noc(C2(C(=O)OC)CC2)n1. The molecule has 88 valence electrons. The number of ether oxygens (including phenoxy) is 2. The summed E-state index contributed by atoms with van der Waals surface area (Å²) in [6, 6.07) is 0. The van der Waals surface area contributed by atoms with Gasteiger partial charge in [0.2, 0.25) is 5.89 Å². The number of carbonyl (C=O) groups is 1. The van der Waals surface area contributed by atoms with Gasteiger partial charge in [0, 0.05) is 6.61 Å². The number of nitrogens with zero attached hydrogens (tertiary/aromatic N) is 2. The average Bonchev–Trinajstić information content (AvgIpc) is 2.99. The van der Waals surface area contributed by atoms with E-state index in [1.165, 1.54) is 7.11 Å². The Kier molecular flexibility index (Phi) is 2.91. The first-order chi connectivity index (χ1) is 7.73. The van der Waals surface area contributed by atoms with Gasteiger partial charge in [0.1, 0.15) is 12.0 Å². The molecule has 0 aromatic carbocycles. The molecule has 1 aromatic rings. The molecule has 0 unspecified atom stereocenters. The molecule has 16 heavy (non-hydrogen) atoms. The van der Waals surface area contributed by atoms with Crippen LogP contribution in [0.4, 0.5) is 0 Å². The molecule has 6 heteroatoms. The van der Waals surface area contributed by atoms with E-state index in [2.05, 4.69) is 10.1 Å². The molecule has 1 saturated carbocycles. The van der Waals surface area contributed by atoms with Crippen molar-refractivity contribution >= 4 is 5.97 Å². The topological polar surface area (TPSA) is 74.5 Å². The summed E-state index contributed by atoms with van der Waals surface area (Å²) in [4.78, 5) is 15.7. The predicted octanol–water partition coefficient (Wildman–Crippen LogP) is 0.811. The van der Waals surface area contributed by atoms with Crippen molar-refractivity contribution in [3.63, 3.8) is 0 Å². The molecule has 2 rings (SSSR count). The van der Waals surface area contributed by atoms with Crippen molar-refractivity contribution < 1.29 is 18.8 Å². The van der Waals surface area contributed by atoms with Crippen LogP contribution >= 0.6 is 0 Å². The lowest BCUT2D eigenvalue weighted by atomic mass is 10.1. The Morgan fingerprint density at radius 3 is 2.88 bits per heavy atom. The normalized spacial score (nSPS) is 17.1. The zero-order chi connectivity index (χ0) is 11.6. The standard InChI is InChI=1S/C10H14N2O4/c1-3-15-6-7-11-8(16-12-7)10(4-5-10)9(13)14-2/h3-6H2,1-2H3. The Morgan fingerprint density at radius 1 is 1.56 bits per heavy atom. The van der Waals surface area contributed by atoms with Crippen LogP contribution in [0, 0.1) is 0 Å². The van der Waals surface area contributed by atoms with Gasteiger partial charge >= 0.3 is 5.97 Å². The summed E-state index contributed by atoms with van der Waals surface area (Å²) in [7, 11) is 1.36. The first-order valence-electron chi connectivity index (χ1n) is 5.22. The number of hydrogen-bond donors (Lipinski definition) is 0. The molecule has 1 aliphatic carbocycles. The van der Waals surface area contributed by atoms with Gasteiger partial charge in [0.05, 0.1) is 7.11 Å². The number of aromatic nitrogens is 2. The van der Waals surface area contributed by atoms with Gasteiger partial charge < -0.3 is 14.0 Å².